The summed E-state index contributed by atoms with van der Waals surface area (Å²) in [5, 5.41) is 0. The number of hydrogen-bond donors (Lipinski definition) is 1. The lowest BCUT2D eigenvalue weighted by Crippen LogP contribution is -2.47. The second-order valence-electron chi connectivity index (χ2n) is 6.67. The van der Waals surface area contributed by atoms with Gasteiger partial charge in [0.15, 0.2) is 0 Å². The summed E-state index contributed by atoms with van der Waals surface area (Å²) in [5.41, 5.74) is 11.2. The summed E-state index contributed by atoms with van der Waals surface area (Å²) >= 11 is 0. The second-order valence-corrected chi connectivity index (χ2v) is 6.67. The van der Waals surface area contributed by atoms with Crippen molar-refractivity contribution in [3.63, 3.8) is 0 Å². The lowest BCUT2D eigenvalue weighted by Gasteiger charge is -2.43. The van der Waals surface area contributed by atoms with Gasteiger partial charge in [0.05, 0.1) is 0 Å². The van der Waals surface area contributed by atoms with Gasteiger partial charge in [-0.25, -0.2) is 0 Å². The summed E-state index contributed by atoms with van der Waals surface area (Å²) in [6, 6.07) is 7.05. The zero-order valence-corrected chi connectivity index (χ0v) is 11.7. The fourth-order valence-corrected chi connectivity index (χ4v) is 3.94. The highest BCUT2D eigenvalue weighted by atomic mass is 14.8. The van der Waals surface area contributed by atoms with Crippen LogP contribution in [0.15, 0.2) is 18.2 Å². The molecule has 0 saturated heterocycles. The Labute approximate surface area is 111 Å². The lowest BCUT2D eigenvalue weighted by atomic mass is 9.67. The minimum absolute atomic E-state index is 0.0880. The van der Waals surface area contributed by atoms with Crippen LogP contribution in [-0.2, 0) is 18.4 Å². The molecular weight excluding hydrogens is 218 g/mol. The van der Waals surface area contributed by atoms with Gasteiger partial charge >= 0.3 is 0 Å². The Bertz CT molecular complexity index is 451. The van der Waals surface area contributed by atoms with Crippen LogP contribution in [0.3, 0.4) is 0 Å². The molecule has 2 aliphatic rings. The van der Waals surface area contributed by atoms with Crippen molar-refractivity contribution in [1.29, 1.82) is 0 Å². The van der Waals surface area contributed by atoms with Crippen molar-refractivity contribution in [2.45, 2.75) is 57.9 Å². The molecule has 1 fully saturated rings. The topological polar surface area (TPSA) is 26.0 Å². The maximum atomic E-state index is 6.81. The highest BCUT2D eigenvalue weighted by molar-refractivity contribution is 5.38. The number of fused-ring (bicyclic) bond motifs is 1. The summed E-state index contributed by atoms with van der Waals surface area (Å²) in [6.07, 6.45) is 7.59. The van der Waals surface area contributed by atoms with Gasteiger partial charge in [-0.1, -0.05) is 38.5 Å². The molecule has 0 bridgehead atoms. The number of benzene rings is 1. The van der Waals surface area contributed by atoms with Crippen LogP contribution in [0.2, 0.25) is 0 Å². The van der Waals surface area contributed by atoms with Gasteiger partial charge in [0, 0.05) is 5.54 Å². The van der Waals surface area contributed by atoms with Crippen molar-refractivity contribution in [3.8, 4) is 0 Å². The first kappa shape index (κ1) is 12.2. The number of rotatable bonds is 1. The third kappa shape index (κ3) is 1.89. The van der Waals surface area contributed by atoms with Gasteiger partial charge in [0.2, 0.25) is 0 Å². The van der Waals surface area contributed by atoms with Gasteiger partial charge in [0.1, 0.15) is 0 Å². The summed E-state index contributed by atoms with van der Waals surface area (Å²) in [4.78, 5) is 0. The van der Waals surface area contributed by atoms with E-state index in [0.717, 1.165) is 12.3 Å². The molecule has 98 valence electrons. The number of nitrogens with two attached hydrogens (primary N) is 1. The molecule has 1 saturated carbocycles. The maximum absolute atomic E-state index is 6.81. The molecule has 0 amide bonds. The molecule has 18 heavy (non-hydrogen) atoms. The number of hydrogen-bond acceptors (Lipinski definition) is 1. The van der Waals surface area contributed by atoms with E-state index >= 15 is 0 Å². The Kier molecular flexibility index (Phi) is 2.97. The number of aryl methyl sites for hydroxylation is 2. The van der Waals surface area contributed by atoms with Crippen LogP contribution >= 0.6 is 0 Å². The molecule has 3 rings (SSSR count). The Morgan fingerprint density at radius 3 is 2.72 bits per heavy atom. The van der Waals surface area contributed by atoms with E-state index in [1.54, 1.807) is 11.1 Å². The molecule has 2 aliphatic carbocycles. The highest BCUT2D eigenvalue weighted by Gasteiger charge is 2.38. The smallest absolute Gasteiger partial charge is 0.0438 e. The average molecular weight is 243 g/mol. The van der Waals surface area contributed by atoms with Crippen molar-refractivity contribution < 1.29 is 0 Å². The summed E-state index contributed by atoms with van der Waals surface area (Å²) in [5.74, 6) is 1.37. The van der Waals surface area contributed by atoms with Crippen molar-refractivity contribution in [2.75, 3.05) is 0 Å². The molecule has 2 N–H and O–H groups in total. The quantitative estimate of drug-likeness (QED) is 0.798. The predicted octanol–water partition coefficient (Wildman–Crippen LogP) is 3.79. The van der Waals surface area contributed by atoms with Crippen LogP contribution in [-0.4, -0.2) is 0 Å². The van der Waals surface area contributed by atoms with E-state index in [2.05, 4.69) is 32.0 Å². The fourth-order valence-electron chi connectivity index (χ4n) is 3.94. The first-order chi connectivity index (χ1) is 8.59. The van der Waals surface area contributed by atoms with Gasteiger partial charge in [-0.3, -0.25) is 0 Å². The standard InChI is InChI=1S/C17H25N/c1-12-6-7-13(2)17(18,11-12)16-9-8-14-4-3-5-15(14)10-16/h8-10,12-13H,3-7,11,18H2,1-2H3. The van der Waals surface area contributed by atoms with E-state index in [4.69, 9.17) is 5.73 Å². The molecule has 1 aromatic carbocycles. The van der Waals surface area contributed by atoms with Crippen molar-refractivity contribution in [3.05, 3.63) is 34.9 Å². The first-order valence-corrected chi connectivity index (χ1v) is 7.51. The molecule has 0 radical (unpaired) electrons. The SMILES string of the molecule is CC1CCC(C)C(N)(c2ccc3c(c2)CCC3)C1. The summed E-state index contributed by atoms with van der Waals surface area (Å²) in [7, 11) is 0. The normalized spacial score (nSPS) is 35.5. The van der Waals surface area contributed by atoms with E-state index in [1.807, 2.05) is 0 Å². The molecule has 0 heterocycles. The molecule has 1 nitrogen and oxygen atoms in total. The third-order valence-electron chi connectivity index (χ3n) is 5.29. The Balaban J connectivity index is 1.97. The predicted molar refractivity (Wildman–Crippen MR) is 76.5 cm³/mol. The van der Waals surface area contributed by atoms with E-state index in [0.29, 0.717) is 5.92 Å². The van der Waals surface area contributed by atoms with E-state index in [1.165, 1.54) is 37.7 Å². The zero-order chi connectivity index (χ0) is 12.8. The molecule has 0 aliphatic heterocycles. The molecular formula is C17H25N. The van der Waals surface area contributed by atoms with Gasteiger partial charge in [-0.05, 0) is 60.6 Å². The van der Waals surface area contributed by atoms with E-state index < -0.39 is 0 Å². The van der Waals surface area contributed by atoms with Crippen LogP contribution in [0.25, 0.3) is 0 Å². The zero-order valence-electron chi connectivity index (χ0n) is 11.7. The first-order valence-electron chi connectivity index (χ1n) is 7.51. The average Bonchev–Trinajstić information content (AvgIpc) is 2.81. The second kappa shape index (κ2) is 4.38. The van der Waals surface area contributed by atoms with Gasteiger partial charge in [-0.15, -0.1) is 0 Å². The van der Waals surface area contributed by atoms with Gasteiger partial charge in [-0.2, -0.15) is 0 Å². The lowest BCUT2D eigenvalue weighted by molar-refractivity contribution is 0.162. The van der Waals surface area contributed by atoms with Gasteiger partial charge < -0.3 is 5.73 Å². The minimum Gasteiger partial charge on any atom is -0.321 e. The highest BCUT2D eigenvalue weighted by Crippen LogP contribution is 2.42. The van der Waals surface area contributed by atoms with Crippen LogP contribution < -0.4 is 5.73 Å². The minimum atomic E-state index is -0.0880. The Morgan fingerprint density at radius 2 is 1.89 bits per heavy atom. The largest absolute Gasteiger partial charge is 0.321 e. The van der Waals surface area contributed by atoms with E-state index in [-0.39, 0.29) is 5.54 Å². The third-order valence-corrected chi connectivity index (χ3v) is 5.29. The fraction of sp³-hybridized carbons (Fsp3) is 0.647. The molecule has 1 aromatic rings. The van der Waals surface area contributed by atoms with Gasteiger partial charge in [0.25, 0.3) is 0 Å². The summed E-state index contributed by atoms with van der Waals surface area (Å²) < 4.78 is 0. The molecule has 0 aromatic heterocycles. The monoisotopic (exact) mass is 243 g/mol. The van der Waals surface area contributed by atoms with E-state index in [9.17, 15) is 0 Å². The molecule has 0 spiro atoms. The Morgan fingerprint density at radius 1 is 1.11 bits per heavy atom. The van der Waals surface area contributed by atoms with Crippen LogP contribution in [0.1, 0.15) is 56.2 Å². The van der Waals surface area contributed by atoms with Crippen molar-refractivity contribution >= 4 is 0 Å². The summed E-state index contributed by atoms with van der Waals surface area (Å²) in [6.45, 7) is 4.68. The van der Waals surface area contributed by atoms with Crippen molar-refractivity contribution in [2.24, 2.45) is 17.6 Å². The van der Waals surface area contributed by atoms with Crippen molar-refractivity contribution in [1.82, 2.24) is 0 Å². The van der Waals surface area contributed by atoms with Crippen LogP contribution in [0.4, 0.5) is 0 Å². The van der Waals surface area contributed by atoms with Crippen LogP contribution in [0.5, 0.6) is 0 Å². The molecule has 1 heteroatoms. The molecule has 3 unspecified atom stereocenters. The van der Waals surface area contributed by atoms with Crippen LogP contribution in [0, 0.1) is 11.8 Å². The maximum Gasteiger partial charge on any atom is 0.0438 e. The molecule has 3 atom stereocenters. The Hall–Kier alpha value is -0.820.